The quantitative estimate of drug-likeness (QED) is 0.227. The fourth-order valence-electron chi connectivity index (χ4n) is 2.95. The van der Waals surface area contributed by atoms with Gasteiger partial charge in [-0.25, -0.2) is 9.59 Å². The molecular weight excluding hydrogens is 354 g/mol. The lowest BCUT2D eigenvalue weighted by Gasteiger charge is -2.27. The normalized spacial score (nSPS) is 17.2. The fourth-order valence-corrected chi connectivity index (χ4v) is 2.95. The number of nitrogens with zero attached hydrogens (tertiary/aromatic N) is 2. The molecule has 6 N–H and O–H groups in total. The van der Waals surface area contributed by atoms with Crippen LogP contribution in [0.3, 0.4) is 0 Å². The Hall–Kier alpha value is -2.52. The SMILES string of the molecule is CCCCCOC(=O)N[C@@H](CCCN=C(N)N)C(=O)N1CCC[C@H]1C(=O)O. The van der Waals surface area contributed by atoms with Crippen molar-refractivity contribution in [2.24, 2.45) is 16.5 Å². The van der Waals surface area contributed by atoms with Crippen molar-refractivity contribution in [3.8, 4) is 0 Å². The largest absolute Gasteiger partial charge is 0.480 e. The molecule has 1 aliphatic heterocycles. The van der Waals surface area contributed by atoms with Crippen LogP contribution < -0.4 is 16.8 Å². The van der Waals surface area contributed by atoms with Gasteiger partial charge in [-0.05, 0) is 32.1 Å². The second-order valence-electron chi connectivity index (χ2n) is 6.52. The van der Waals surface area contributed by atoms with E-state index in [1.807, 2.05) is 6.92 Å². The molecule has 0 aliphatic carbocycles. The van der Waals surface area contributed by atoms with Crippen molar-refractivity contribution in [3.63, 3.8) is 0 Å². The first-order valence-electron chi connectivity index (χ1n) is 9.38. The third kappa shape index (κ3) is 8.14. The van der Waals surface area contributed by atoms with E-state index in [0.29, 0.717) is 32.4 Å². The molecule has 27 heavy (non-hydrogen) atoms. The lowest BCUT2D eigenvalue weighted by molar-refractivity contribution is -0.149. The van der Waals surface area contributed by atoms with E-state index < -0.39 is 30.1 Å². The van der Waals surface area contributed by atoms with Gasteiger partial charge in [-0.1, -0.05) is 19.8 Å². The lowest BCUT2D eigenvalue weighted by Crippen LogP contribution is -2.51. The Bertz CT molecular complexity index is 536. The minimum atomic E-state index is -1.04. The minimum absolute atomic E-state index is 0.0494. The molecule has 154 valence electrons. The van der Waals surface area contributed by atoms with Gasteiger partial charge in [0, 0.05) is 13.1 Å². The number of unbranched alkanes of at least 4 members (excludes halogenated alkanes) is 2. The van der Waals surface area contributed by atoms with Gasteiger partial charge in [-0.15, -0.1) is 0 Å². The molecule has 0 saturated carbocycles. The molecule has 1 aliphatic rings. The zero-order chi connectivity index (χ0) is 20.2. The van der Waals surface area contributed by atoms with E-state index in [-0.39, 0.29) is 19.0 Å². The molecule has 1 rings (SSSR count). The number of guanidine groups is 1. The van der Waals surface area contributed by atoms with Crippen molar-refractivity contribution in [1.82, 2.24) is 10.2 Å². The van der Waals surface area contributed by atoms with E-state index in [4.69, 9.17) is 16.2 Å². The molecule has 0 spiro atoms. The Morgan fingerprint density at radius 3 is 2.67 bits per heavy atom. The van der Waals surface area contributed by atoms with Crippen molar-refractivity contribution in [3.05, 3.63) is 0 Å². The van der Waals surface area contributed by atoms with Crippen LogP contribution in [0.4, 0.5) is 4.79 Å². The topological polar surface area (TPSA) is 160 Å². The van der Waals surface area contributed by atoms with Crippen molar-refractivity contribution in [2.75, 3.05) is 19.7 Å². The first kappa shape index (κ1) is 22.5. The summed E-state index contributed by atoms with van der Waals surface area (Å²) >= 11 is 0. The number of likely N-dealkylation sites (tertiary alicyclic amines) is 1. The molecular formula is C17H31N5O5. The molecule has 1 fully saturated rings. The van der Waals surface area contributed by atoms with Crippen molar-refractivity contribution in [2.45, 2.75) is 64.0 Å². The summed E-state index contributed by atoms with van der Waals surface area (Å²) in [6.07, 6.45) is 3.77. The number of ether oxygens (including phenoxy) is 1. The van der Waals surface area contributed by atoms with Crippen LogP contribution in [0.15, 0.2) is 4.99 Å². The smallest absolute Gasteiger partial charge is 0.407 e. The van der Waals surface area contributed by atoms with Gasteiger partial charge in [0.2, 0.25) is 5.91 Å². The maximum atomic E-state index is 12.8. The predicted molar refractivity (Wildman–Crippen MR) is 100 cm³/mol. The number of amides is 2. The number of aliphatic carboxylic acids is 1. The van der Waals surface area contributed by atoms with Crippen molar-refractivity contribution in [1.29, 1.82) is 0 Å². The minimum Gasteiger partial charge on any atom is -0.480 e. The monoisotopic (exact) mass is 385 g/mol. The van der Waals surface area contributed by atoms with Crippen LogP contribution in [0, 0.1) is 0 Å². The summed E-state index contributed by atoms with van der Waals surface area (Å²) in [7, 11) is 0. The second-order valence-corrected chi connectivity index (χ2v) is 6.52. The van der Waals surface area contributed by atoms with E-state index in [9.17, 15) is 19.5 Å². The number of carbonyl (C=O) groups is 3. The highest BCUT2D eigenvalue weighted by molar-refractivity contribution is 5.89. The maximum absolute atomic E-state index is 12.8. The molecule has 2 amide bonds. The van der Waals surface area contributed by atoms with E-state index >= 15 is 0 Å². The number of nitrogens with two attached hydrogens (primary N) is 2. The summed E-state index contributed by atoms with van der Waals surface area (Å²) < 4.78 is 5.10. The fraction of sp³-hybridized carbons (Fsp3) is 0.765. The Balaban J connectivity index is 2.68. The Morgan fingerprint density at radius 2 is 2.04 bits per heavy atom. The summed E-state index contributed by atoms with van der Waals surface area (Å²) in [6, 6.07) is -1.74. The summed E-state index contributed by atoms with van der Waals surface area (Å²) in [4.78, 5) is 41.3. The predicted octanol–water partition coefficient (Wildman–Crippen LogP) is 0.401. The average Bonchev–Trinajstić information content (AvgIpc) is 3.10. The van der Waals surface area contributed by atoms with Crippen LogP contribution in [0.2, 0.25) is 0 Å². The van der Waals surface area contributed by atoms with E-state index in [0.717, 1.165) is 19.3 Å². The molecule has 0 aromatic rings. The molecule has 0 unspecified atom stereocenters. The van der Waals surface area contributed by atoms with Crippen LogP contribution in [0.5, 0.6) is 0 Å². The van der Waals surface area contributed by atoms with E-state index in [1.54, 1.807) is 0 Å². The van der Waals surface area contributed by atoms with Crippen LogP contribution in [-0.2, 0) is 14.3 Å². The van der Waals surface area contributed by atoms with Gasteiger partial charge in [0.05, 0.1) is 6.61 Å². The van der Waals surface area contributed by atoms with Crippen LogP contribution >= 0.6 is 0 Å². The van der Waals surface area contributed by atoms with Crippen LogP contribution in [0.25, 0.3) is 0 Å². The summed E-state index contributed by atoms with van der Waals surface area (Å²) in [6.45, 7) is 2.98. The Morgan fingerprint density at radius 1 is 1.30 bits per heavy atom. The summed E-state index contributed by atoms with van der Waals surface area (Å²) in [5.74, 6) is -1.51. The van der Waals surface area contributed by atoms with E-state index in [1.165, 1.54) is 4.90 Å². The van der Waals surface area contributed by atoms with Gasteiger partial charge in [-0.2, -0.15) is 0 Å². The average molecular weight is 385 g/mol. The number of alkyl carbamates (subject to hydrolysis) is 1. The highest BCUT2D eigenvalue weighted by Crippen LogP contribution is 2.19. The number of nitrogens with one attached hydrogen (secondary N) is 1. The molecule has 0 aromatic heterocycles. The van der Waals surface area contributed by atoms with Gasteiger partial charge in [0.15, 0.2) is 5.96 Å². The summed E-state index contributed by atoms with van der Waals surface area (Å²) in [5.41, 5.74) is 10.6. The van der Waals surface area contributed by atoms with Gasteiger partial charge < -0.3 is 31.5 Å². The van der Waals surface area contributed by atoms with Crippen LogP contribution in [-0.4, -0.2) is 65.7 Å². The number of hydrogen-bond acceptors (Lipinski definition) is 5. The van der Waals surface area contributed by atoms with Gasteiger partial charge >= 0.3 is 12.1 Å². The third-order valence-corrected chi connectivity index (χ3v) is 4.34. The molecule has 1 saturated heterocycles. The number of carbonyl (C=O) groups excluding carboxylic acids is 2. The third-order valence-electron chi connectivity index (χ3n) is 4.34. The van der Waals surface area contributed by atoms with Gasteiger partial charge in [0.25, 0.3) is 0 Å². The van der Waals surface area contributed by atoms with Gasteiger partial charge in [-0.3, -0.25) is 9.79 Å². The Kier molecular flexibility index (Phi) is 9.99. The standard InChI is InChI=1S/C17H31N5O5/c1-2-3-4-11-27-17(26)21-12(7-5-9-20-16(18)19)14(23)22-10-6-8-13(22)15(24)25/h12-13H,2-11H2,1H3,(H,21,26)(H,24,25)(H4,18,19,20)/t12-,13-/m0/s1. The number of carboxylic acids is 1. The molecule has 0 radical (unpaired) electrons. The van der Waals surface area contributed by atoms with Gasteiger partial charge in [0.1, 0.15) is 12.1 Å². The Labute approximate surface area is 159 Å². The number of aliphatic imine (C=N–C) groups is 1. The highest BCUT2D eigenvalue weighted by Gasteiger charge is 2.37. The van der Waals surface area contributed by atoms with E-state index in [2.05, 4.69) is 10.3 Å². The second kappa shape index (κ2) is 12.0. The first-order chi connectivity index (χ1) is 12.9. The number of carboxylic acid groups (broad SMARTS) is 1. The zero-order valence-electron chi connectivity index (χ0n) is 15.9. The van der Waals surface area contributed by atoms with Crippen LogP contribution in [0.1, 0.15) is 51.9 Å². The number of hydrogen-bond donors (Lipinski definition) is 4. The molecule has 0 bridgehead atoms. The molecule has 1 heterocycles. The first-order valence-corrected chi connectivity index (χ1v) is 9.38. The number of rotatable bonds is 11. The molecule has 10 heteroatoms. The molecule has 0 aromatic carbocycles. The molecule has 10 nitrogen and oxygen atoms in total. The highest BCUT2D eigenvalue weighted by atomic mass is 16.5. The van der Waals surface area contributed by atoms with Crippen molar-refractivity contribution >= 4 is 23.9 Å². The lowest BCUT2D eigenvalue weighted by atomic mass is 10.1. The van der Waals surface area contributed by atoms with Crippen molar-refractivity contribution < 1.29 is 24.2 Å². The zero-order valence-corrected chi connectivity index (χ0v) is 15.9. The maximum Gasteiger partial charge on any atom is 0.407 e. The molecule has 2 atom stereocenters. The summed E-state index contributed by atoms with van der Waals surface area (Å²) in [5, 5.41) is 11.8.